The predicted octanol–water partition coefficient (Wildman–Crippen LogP) is 12.7. The van der Waals surface area contributed by atoms with Crippen molar-refractivity contribution in [3.63, 3.8) is 0 Å². The molecular formula is C52H53N3O7. The Morgan fingerprint density at radius 2 is 1.19 bits per heavy atom. The van der Waals surface area contributed by atoms with Crippen LogP contribution < -0.4 is 19.5 Å². The standard InChI is InChI=1S/C52H53N3O7/c1-4-5-32-59-44-26-28-45(29-27-44)62-52(58)41-18-22-42(23-19-41)54-55-49-31-30-48(46-12-8-9-13-47(46)49)53-36-39-16-14-38(15-17-39)35-50(56)40-20-24-43(25-21-40)60-33-10-6-7-11-34-61-51(57)37(2)3/h8-9,12-31,53H,2,4-7,10-11,32-36H2,1,3H3. The number of ether oxygens (including phenoxy) is 4. The molecule has 0 aliphatic heterocycles. The van der Waals surface area contributed by atoms with E-state index in [-0.39, 0.29) is 11.8 Å². The lowest BCUT2D eigenvalue weighted by Crippen LogP contribution is -2.08. The molecule has 10 heteroatoms. The van der Waals surface area contributed by atoms with E-state index in [2.05, 4.69) is 35.1 Å². The van der Waals surface area contributed by atoms with Crippen molar-refractivity contribution < 1.29 is 33.3 Å². The number of carbonyl (C=O) groups excluding carboxylic acids is 3. The van der Waals surface area contributed by atoms with Gasteiger partial charge in [-0.2, -0.15) is 5.11 Å². The first-order chi connectivity index (χ1) is 30.2. The Balaban J connectivity index is 0.948. The third kappa shape index (κ3) is 13.5. The molecule has 0 bridgehead atoms. The van der Waals surface area contributed by atoms with Gasteiger partial charge in [-0.05, 0) is 135 Å². The number of ketones is 1. The molecule has 0 spiro atoms. The molecule has 0 radical (unpaired) electrons. The highest BCUT2D eigenvalue weighted by molar-refractivity contribution is 6.01. The van der Waals surface area contributed by atoms with Crippen LogP contribution in [0.5, 0.6) is 17.2 Å². The first-order valence-corrected chi connectivity index (χ1v) is 21.1. The maximum atomic E-state index is 13.1. The summed E-state index contributed by atoms with van der Waals surface area (Å²) in [6.45, 7) is 9.57. The highest BCUT2D eigenvalue weighted by Gasteiger charge is 2.11. The second-order valence-electron chi connectivity index (χ2n) is 15.0. The lowest BCUT2D eigenvalue weighted by molar-refractivity contribution is -0.139. The van der Waals surface area contributed by atoms with Gasteiger partial charge in [0.25, 0.3) is 0 Å². The fourth-order valence-corrected chi connectivity index (χ4v) is 6.44. The average Bonchev–Trinajstić information content (AvgIpc) is 3.30. The van der Waals surface area contributed by atoms with Gasteiger partial charge in [-0.1, -0.05) is 68.5 Å². The summed E-state index contributed by atoms with van der Waals surface area (Å²) < 4.78 is 22.2. The van der Waals surface area contributed by atoms with Crippen LogP contribution in [-0.4, -0.2) is 37.5 Å². The number of anilines is 1. The van der Waals surface area contributed by atoms with Gasteiger partial charge in [-0.25, -0.2) is 9.59 Å². The third-order valence-corrected chi connectivity index (χ3v) is 10.0. The molecule has 0 amide bonds. The van der Waals surface area contributed by atoms with Gasteiger partial charge in [0, 0.05) is 40.6 Å². The molecular weight excluding hydrogens is 779 g/mol. The van der Waals surface area contributed by atoms with E-state index >= 15 is 0 Å². The number of Topliss-reactive ketones (excluding diaryl/α,β-unsaturated/α-hetero) is 1. The molecule has 0 heterocycles. The smallest absolute Gasteiger partial charge is 0.343 e. The Hall–Kier alpha value is -7.07. The van der Waals surface area contributed by atoms with Crippen molar-refractivity contribution in [2.24, 2.45) is 10.2 Å². The number of esters is 2. The van der Waals surface area contributed by atoms with Gasteiger partial charge in [0.05, 0.1) is 36.8 Å². The van der Waals surface area contributed by atoms with Gasteiger partial charge in [0.1, 0.15) is 17.2 Å². The van der Waals surface area contributed by atoms with E-state index in [1.807, 2.05) is 78.9 Å². The average molecular weight is 832 g/mol. The maximum Gasteiger partial charge on any atom is 0.343 e. The number of hydrogen-bond acceptors (Lipinski definition) is 10. The Morgan fingerprint density at radius 3 is 1.87 bits per heavy atom. The van der Waals surface area contributed by atoms with Crippen molar-refractivity contribution in [2.75, 3.05) is 25.1 Å². The molecule has 0 saturated heterocycles. The summed E-state index contributed by atoms with van der Waals surface area (Å²) >= 11 is 0. The predicted molar refractivity (Wildman–Crippen MR) is 244 cm³/mol. The lowest BCUT2D eigenvalue weighted by atomic mass is 10.0. The van der Waals surface area contributed by atoms with E-state index in [9.17, 15) is 14.4 Å². The van der Waals surface area contributed by atoms with Gasteiger partial charge < -0.3 is 24.3 Å². The van der Waals surface area contributed by atoms with Gasteiger partial charge in [-0.15, -0.1) is 5.11 Å². The monoisotopic (exact) mass is 831 g/mol. The summed E-state index contributed by atoms with van der Waals surface area (Å²) in [6.07, 6.45) is 5.98. The van der Waals surface area contributed by atoms with Crippen LogP contribution in [0.4, 0.5) is 17.1 Å². The summed E-state index contributed by atoms with van der Waals surface area (Å²) in [4.78, 5) is 37.3. The molecule has 318 valence electrons. The molecule has 10 nitrogen and oxygen atoms in total. The van der Waals surface area contributed by atoms with Crippen molar-refractivity contribution >= 4 is 45.6 Å². The molecule has 6 aromatic carbocycles. The summed E-state index contributed by atoms with van der Waals surface area (Å²) in [5.74, 6) is 1.15. The van der Waals surface area contributed by atoms with Crippen LogP contribution in [0.3, 0.4) is 0 Å². The highest BCUT2D eigenvalue weighted by atomic mass is 16.5. The number of carbonyl (C=O) groups is 3. The van der Waals surface area contributed by atoms with Crippen molar-refractivity contribution in [2.45, 2.75) is 65.3 Å². The number of rotatable bonds is 23. The van der Waals surface area contributed by atoms with Gasteiger partial charge in [-0.3, -0.25) is 4.79 Å². The molecule has 0 unspecified atom stereocenters. The van der Waals surface area contributed by atoms with Gasteiger partial charge in [0.2, 0.25) is 0 Å². The molecule has 0 aromatic heterocycles. The Kier molecular flexibility index (Phi) is 16.6. The SMILES string of the molecule is C=C(C)C(=O)OCCCCCCOc1ccc(C(=O)Cc2ccc(CNc3ccc(N=Nc4ccc(C(=O)Oc5ccc(OCCCC)cc5)cc4)c4ccccc34)cc2)cc1. The number of azo groups is 1. The summed E-state index contributed by atoms with van der Waals surface area (Å²) in [7, 11) is 0. The molecule has 0 saturated carbocycles. The van der Waals surface area contributed by atoms with E-state index in [4.69, 9.17) is 18.9 Å². The summed E-state index contributed by atoms with van der Waals surface area (Å²) in [5.41, 5.74) is 5.78. The number of hydrogen-bond donors (Lipinski definition) is 1. The Bertz CT molecular complexity index is 2440. The third-order valence-electron chi connectivity index (χ3n) is 10.0. The quantitative estimate of drug-likeness (QED) is 0.0169. The number of nitrogens with one attached hydrogen (secondary N) is 1. The van der Waals surface area contributed by atoms with E-state index in [1.54, 1.807) is 55.5 Å². The summed E-state index contributed by atoms with van der Waals surface area (Å²) in [5, 5.41) is 14.5. The van der Waals surface area contributed by atoms with Crippen LogP contribution in [0.15, 0.2) is 156 Å². The number of benzene rings is 6. The van der Waals surface area contributed by atoms with Crippen LogP contribution >= 0.6 is 0 Å². The zero-order valence-electron chi connectivity index (χ0n) is 35.4. The first-order valence-electron chi connectivity index (χ1n) is 21.1. The molecule has 0 aliphatic rings. The van der Waals surface area contributed by atoms with Crippen LogP contribution in [0, 0.1) is 0 Å². The highest BCUT2D eigenvalue weighted by Crippen LogP contribution is 2.33. The largest absolute Gasteiger partial charge is 0.494 e. The van der Waals surface area contributed by atoms with Crippen LogP contribution in [-0.2, 0) is 22.5 Å². The first kappa shape index (κ1) is 44.5. The van der Waals surface area contributed by atoms with Crippen LogP contribution in [0.25, 0.3) is 10.8 Å². The number of unbranched alkanes of at least 4 members (excludes halogenated alkanes) is 4. The van der Waals surface area contributed by atoms with Crippen molar-refractivity contribution in [3.05, 3.63) is 168 Å². The molecule has 0 atom stereocenters. The van der Waals surface area contributed by atoms with E-state index < -0.39 is 5.97 Å². The van der Waals surface area contributed by atoms with Crippen LogP contribution in [0.2, 0.25) is 0 Å². The number of fused-ring (bicyclic) bond motifs is 1. The minimum Gasteiger partial charge on any atom is -0.494 e. The minimum absolute atomic E-state index is 0.0433. The topological polar surface area (TPSA) is 125 Å². The number of nitrogens with zero attached hydrogens (tertiary/aromatic N) is 2. The molecule has 6 aromatic rings. The lowest BCUT2D eigenvalue weighted by Gasteiger charge is -2.12. The van der Waals surface area contributed by atoms with Gasteiger partial charge in [0.15, 0.2) is 5.78 Å². The van der Waals surface area contributed by atoms with E-state index in [1.165, 1.54) is 0 Å². The minimum atomic E-state index is -0.462. The molecule has 62 heavy (non-hydrogen) atoms. The maximum absolute atomic E-state index is 13.1. The molecule has 0 aliphatic carbocycles. The molecule has 0 fully saturated rings. The molecule has 6 rings (SSSR count). The molecule has 1 N–H and O–H groups in total. The second kappa shape index (κ2) is 23.1. The van der Waals surface area contributed by atoms with E-state index in [0.717, 1.165) is 83.3 Å². The zero-order chi connectivity index (χ0) is 43.5. The van der Waals surface area contributed by atoms with Crippen molar-refractivity contribution in [3.8, 4) is 17.2 Å². The fraction of sp³-hybridized carbons (Fsp3) is 0.250. The van der Waals surface area contributed by atoms with Crippen molar-refractivity contribution in [1.29, 1.82) is 0 Å². The van der Waals surface area contributed by atoms with Gasteiger partial charge >= 0.3 is 11.9 Å². The van der Waals surface area contributed by atoms with Crippen LogP contribution in [0.1, 0.15) is 84.2 Å². The zero-order valence-corrected chi connectivity index (χ0v) is 35.4. The fourth-order valence-electron chi connectivity index (χ4n) is 6.44. The summed E-state index contributed by atoms with van der Waals surface area (Å²) in [6, 6.07) is 41.2. The second-order valence-corrected chi connectivity index (χ2v) is 15.0. The Labute approximate surface area is 363 Å². The Morgan fingerprint density at radius 1 is 0.597 bits per heavy atom. The normalized spacial score (nSPS) is 11.0. The van der Waals surface area contributed by atoms with E-state index in [0.29, 0.717) is 60.9 Å². The van der Waals surface area contributed by atoms with Crippen molar-refractivity contribution in [1.82, 2.24) is 0 Å².